The van der Waals surface area contributed by atoms with E-state index < -0.39 is 12.5 Å². The predicted octanol–water partition coefficient (Wildman–Crippen LogP) is 14.3. The van der Waals surface area contributed by atoms with Gasteiger partial charge in [-0.15, -0.1) is 0 Å². The molecule has 0 aliphatic heterocycles. The summed E-state index contributed by atoms with van der Waals surface area (Å²) in [4.78, 5) is 33.2. The van der Waals surface area contributed by atoms with Gasteiger partial charge in [-0.2, -0.15) is 0 Å². The first-order valence-corrected chi connectivity index (χ1v) is 33.3. The van der Waals surface area contributed by atoms with Crippen molar-refractivity contribution >= 4 is 35.9 Å². The number of amides is 1. The van der Waals surface area contributed by atoms with Gasteiger partial charge < -0.3 is 31.5 Å². The van der Waals surface area contributed by atoms with Crippen LogP contribution in [0.2, 0.25) is 0 Å². The number of aliphatic hydroxyl groups excluding tert-OH is 1. The van der Waals surface area contributed by atoms with Crippen LogP contribution in [-0.2, 0) is 38.8 Å². The number of esters is 1. The second-order valence-corrected chi connectivity index (χ2v) is 26.6. The van der Waals surface area contributed by atoms with E-state index in [0.717, 1.165) is 60.0 Å². The molecule has 8 aliphatic carbocycles. The zero-order valence-electron chi connectivity index (χ0n) is 52.5. The zero-order valence-corrected chi connectivity index (χ0v) is 52.5. The molecule has 8 N–H and O–H groups in total. The van der Waals surface area contributed by atoms with Crippen molar-refractivity contribution in [3.63, 3.8) is 0 Å². The lowest BCUT2D eigenvalue weighted by atomic mass is 10.1. The van der Waals surface area contributed by atoms with Crippen LogP contribution in [-0.4, -0.2) is 65.9 Å². The van der Waals surface area contributed by atoms with Gasteiger partial charge >= 0.3 is 5.97 Å². The summed E-state index contributed by atoms with van der Waals surface area (Å²) < 4.78 is 4.60. The SMILES string of the molecule is COC(=O)/C=C/c1ccc(CNC2CC2c2ccc(C3CC3)cc2)cc1.NC1CC1c1ccc(C2CC2)cc1.O=C(/C=C/c1ccc(CNC2CC2c2ccc(C3CC3)cc2)cc1)CO.O=C(/C=C/c1ccc(CNC2CC2c2ccc(C3CC3)cc2)cc1)NO. The number of ketones is 1. The number of hydrogen-bond acceptors (Lipinski definition) is 10. The molecule has 11 nitrogen and oxygen atoms in total. The third-order valence-electron chi connectivity index (χ3n) is 19.3. The van der Waals surface area contributed by atoms with Gasteiger partial charge in [0.1, 0.15) is 6.61 Å². The minimum Gasteiger partial charge on any atom is -0.466 e. The molecule has 470 valence electrons. The van der Waals surface area contributed by atoms with Crippen LogP contribution in [0, 0.1) is 0 Å². The number of methoxy groups -OCH3 is 1. The Balaban J connectivity index is 0.000000120. The third kappa shape index (κ3) is 19.1. The van der Waals surface area contributed by atoms with E-state index in [1.165, 1.54) is 164 Å². The maximum absolute atomic E-state index is 11.1. The minimum atomic E-state index is -0.527. The van der Waals surface area contributed by atoms with E-state index in [2.05, 4.69) is 154 Å². The lowest BCUT2D eigenvalue weighted by Gasteiger charge is -2.06. The van der Waals surface area contributed by atoms with E-state index in [0.29, 0.717) is 47.8 Å². The summed E-state index contributed by atoms with van der Waals surface area (Å²) in [6, 6.07) is 63.5. The number of hydroxylamine groups is 1. The van der Waals surface area contributed by atoms with E-state index in [-0.39, 0.29) is 11.8 Å². The van der Waals surface area contributed by atoms with E-state index >= 15 is 0 Å². The van der Waals surface area contributed by atoms with Crippen molar-refractivity contribution in [3.05, 3.63) is 266 Å². The van der Waals surface area contributed by atoms with Gasteiger partial charge in [0.2, 0.25) is 0 Å². The molecule has 0 aromatic heterocycles. The number of carbonyl (C=O) groups excluding carboxylic acids is 3. The fraction of sp³-hybridized carbons (Fsp3) is 0.362. The number of hydrogen-bond donors (Lipinski definition) is 7. The van der Waals surface area contributed by atoms with Crippen LogP contribution in [0.4, 0.5) is 0 Å². The first-order valence-electron chi connectivity index (χ1n) is 33.3. The highest BCUT2D eigenvalue weighted by atomic mass is 16.5. The fourth-order valence-electron chi connectivity index (χ4n) is 12.4. The minimum absolute atomic E-state index is 0.277. The Morgan fingerprint density at radius 3 is 0.978 bits per heavy atom. The molecule has 11 heteroatoms. The summed E-state index contributed by atoms with van der Waals surface area (Å²) in [6.45, 7) is 2.15. The highest BCUT2D eigenvalue weighted by Crippen LogP contribution is 2.47. The van der Waals surface area contributed by atoms with E-state index in [9.17, 15) is 14.4 Å². The van der Waals surface area contributed by atoms with Crippen LogP contribution in [0.5, 0.6) is 0 Å². The van der Waals surface area contributed by atoms with Gasteiger partial charge in [0.25, 0.3) is 5.91 Å². The molecular formula is C80H89N5O6. The molecule has 1 amide bonds. The van der Waals surface area contributed by atoms with Crippen molar-refractivity contribution in [1.29, 1.82) is 0 Å². The van der Waals surface area contributed by atoms with Gasteiger partial charge in [-0.05, 0) is 197 Å². The maximum atomic E-state index is 11.1. The molecule has 0 radical (unpaired) electrons. The molecule has 8 fully saturated rings. The van der Waals surface area contributed by atoms with Crippen molar-refractivity contribution in [3.8, 4) is 0 Å². The number of rotatable bonds is 24. The highest BCUT2D eigenvalue weighted by Gasteiger charge is 2.40. The number of ether oxygens (including phenoxy) is 1. The number of aliphatic hydroxyl groups is 1. The van der Waals surface area contributed by atoms with Crippen LogP contribution in [0.25, 0.3) is 18.2 Å². The lowest BCUT2D eigenvalue weighted by molar-refractivity contribution is -0.134. The Bertz CT molecular complexity index is 3290. The maximum Gasteiger partial charge on any atom is 0.330 e. The first-order chi connectivity index (χ1) is 44.5. The smallest absolute Gasteiger partial charge is 0.330 e. The number of nitrogens with two attached hydrogens (primary N) is 1. The summed E-state index contributed by atoms with van der Waals surface area (Å²) in [5, 5.41) is 28.1. The molecule has 8 atom stereocenters. The molecule has 7 aromatic rings. The molecule has 0 bridgehead atoms. The number of carbonyl (C=O) groups is 3. The zero-order chi connectivity index (χ0) is 62.6. The second kappa shape index (κ2) is 30.0. The first kappa shape index (κ1) is 63.3. The molecule has 0 saturated heterocycles. The molecular weight excluding hydrogens is 1130 g/mol. The Morgan fingerprint density at radius 2 is 0.703 bits per heavy atom. The predicted molar refractivity (Wildman–Crippen MR) is 363 cm³/mol. The molecule has 0 spiro atoms. The third-order valence-corrected chi connectivity index (χ3v) is 19.3. The van der Waals surface area contributed by atoms with Crippen molar-refractivity contribution in [2.75, 3.05) is 13.7 Å². The van der Waals surface area contributed by atoms with Gasteiger partial charge in [0.05, 0.1) is 7.11 Å². The molecule has 8 aliphatic rings. The molecule has 15 rings (SSSR count). The second-order valence-electron chi connectivity index (χ2n) is 26.6. The van der Waals surface area contributed by atoms with Crippen molar-refractivity contribution in [1.82, 2.24) is 21.4 Å². The van der Waals surface area contributed by atoms with E-state index in [1.807, 2.05) is 36.4 Å². The molecule has 91 heavy (non-hydrogen) atoms. The molecule has 7 aromatic carbocycles. The summed E-state index contributed by atoms with van der Waals surface area (Å²) in [5.74, 6) is 4.84. The quantitative estimate of drug-likeness (QED) is 0.0133. The van der Waals surface area contributed by atoms with Crippen LogP contribution < -0.4 is 27.2 Å². The van der Waals surface area contributed by atoms with E-state index in [1.54, 1.807) is 23.7 Å². The van der Waals surface area contributed by atoms with Crippen molar-refractivity contribution in [2.24, 2.45) is 5.73 Å². The Labute approximate surface area is 537 Å². The lowest BCUT2D eigenvalue weighted by Crippen LogP contribution is -2.17. The van der Waals surface area contributed by atoms with Gasteiger partial charge in [-0.1, -0.05) is 176 Å². The molecule has 8 unspecified atom stereocenters. The van der Waals surface area contributed by atoms with Crippen LogP contribution >= 0.6 is 0 Å². The highest BCUT2D eigenvalue weighted by molar-refractivity contribution is 5.94. The van der Waals surface area contributed by atoms with E-state index in [4.69, 9.17) is 16.0 Å². The average Bonchev–Trinajstić information content (AvgIpc) is 2.24. The van der Waals surface area contributed by atoms with Gasteiger partial charge in [0, 0.05) is 79.6 Å². The fourth-order valence-corrected chi connectivity index (χ4v) is 12.4. The van der Waals surface area contributed by atoms with Gasteiger partial charge in [-0.3, -0.25) is 14.8 Å². The van der Waals surface area contributed by atoms with Crippen LogP contribution in [0.15, 0.2) is 188 Å². The van der Waals surface area contributed by atoms with Gasteiger partial charge in [-0.25, -0.2) is 10.3 Å². The number of nitrogens with one attached hydrogen (secondary N) is 4. The summed E-state index contributed by atoms with van der Waals surface area (Å²) in [6.07, 6.45) is 25.1. The van der Waals surface area contributed by atoms with Crippen LogP contribution in [0.3, 0.4) is 0 Å². The largest absolute Gasteiger partial charge is 0.466 e. The Morgan fingerprint density at radius 1 is 0.418 bits per heavy atom. The average molecular weight is 1220 g/mol. The summed E-state index contributed by atoms with van der Waals surface area (Å²) >= 11 is 0. The Hall–Kier alpha value is -7.87. The van der Waals surface area contributed by atoms with Crippen molar-refractivity contribution < 1.29 is 29.4 Å². The normalized spacial score (nSPS) is 23.2. The monoisotopic (exact) mass is 1220 g/mol. The van der Waals surface area contributed by atoms with Crippen molar-refractivity contribution in [2.45, 2.75) is 168 Å². The van der Waals surface area contributed by atoms with Crippen LogP contribution in [0.1, 0.15) is 202 Å². The van der Waals surface area contributed by atoms with Gasteiger partial charge in [0.15, 0.2) is 5.78 Å². The standard InChI is InChI=1S/2C23H25NO2.C22H24N2O2.C12H15N/c1-26-23(25)13-6-16-2-4-17(5-3-16)15-24-22-14-21(22)20-11-9-19(10-12-20)18-7-8-18;25-15-21(26)12-5-16-1-3-17(4-2-16)14-24-23-13-22(23)20-10-8-19(9-11-20)18-6-7-18;25-22(24-26)12-5-15-1-3-16(4-2-15)14-23-21-13-20(21)19-10-8-18(9-11-19)17-6-7-17;13-12-7-11(12)10-5-3-9(4-6-10)8-1-2-8/h2-6,9-13,18,21-22,24H,7-8,14-15H2,1H3;1-5,8-12,18,22-25H,6-7,13-15H2;1-5,8-12,17,20-21,23,26H,6-7,13-14H2,(H,24,25);3-6,8,11-12H,1-2,7,13H2/b13-6+;2*12-5+;. The molecule has 0 heterocycles. The number of benzene rings is 7. The summed E-state index contributed by atoms with van der Waals surface area (Å²) in [5.41, 5.74) is 25.9. The molecule has 8 saturated carbocycles. The topological polar surface area (TPSA) is 175 Å². The Kier molecular flexibility index (Phi) is 20.9. The summed E-state index contributed by atoms with van der Waals surface area (Å²) in [7, 11) is 1.38.